The minimum absolute atomic E-state index is 0.0787. The molecule has 4 heteroatoms. The van der Waals surface area contributed by atoms with E-state index in [2.05, 4.69) is 0 Å². The molecule has 1 fully saturated rings. The Bertz CT molecular complexity index is 166. The fourth-order valence-electron chi connectivity index (χ4n) is 0.942. The van der Waals surface area contributed by atoms with Crippen LogP contribution in [0.15, 0.2) is 0 Å². The average molecular weight is 160 g/mol. The predicted octanol–water partition coefficient (Wildman–Crippen LogP) is 0.741. The van der Waals surface area contributed by atoms with Gasteiger partial charge in [0.2, 0.25) is 0 Å². The van der Waals surface area contributed by atoms with Crippen molar-refractivity contribution in [1.29, 1.82) is 0 Å². The summed E-state index contributed by atoms with van der Waals surface area (Å²) in [5.41, 5.74) is 0. The fourth-order valence-corrected chi connectivity index (χ4v) is 1.95. The van der Waals surface area contributed by atoms with Gasteiger partial charge in [-0.2, -0.15) is 0 Å². The Kier molecular flexibility index (Phi) is 2.32. The van der Waals surface area contributed by atoms with E-state index in [1.54, 1.807) is 0 Å². The summed E-state index contributed by atoms with van der Waals surface area (Å²) < 4.78 is 0. The van der Waals surface area contributed by atoms with E-state index in [4.69, 9.17) is 5.11 Å². The van der Waals surface area contributed by atoms with Crippen molar-refractivity contribution >= 4 is 22.8 Å². The van der Waals surface area contributed by atoms with Gasteiger partial charge in [0.1, 0.15) is 0 Å². The topological polar surface area (TPSA) is 54.4 Å². The highest BCUT2D eigenvalue weighted by atomic mass is 32.2. The molecular weight excluding hydrogens is 152 g/mol. The molecule has 0 aromatic rings. The average Bonchev–Trinajstić information content (AvgIpc) is 2.13. The Hall–Kier alpha value is -0.510. The predicted molar refractivity (Wildman–Crippen MR) is 37.8 cm³/mol. The number of hydrogen-bond donors (Lipinski definition) is 1. The van der Waals surface area contributed by atoms with Crippen molar-refractivity contribution in [3.63, 3.8) is 0 Å². The van der Waals surface area contributed by atoms with E-state index in [-0.39, 0.29) is 17.5 Å². The van der Waals surface area contributed by atoms with E-state index in [0.717, 1.165) is 0 Å². The van der Waals surface area contributed by atoms with Crippen molar-refractivity contribution in [3.05, 3.63) is 0 Å². The van der Waals surface area contributed by atoms with Crippen LogP contribution >= 0.6 is 11.8 Å². The van der Waals surface area contributed by atoms with Crippen LogP contribution in [0.1, 0.15) is 12.8 Å². The number of carboxylic acids is 1. The van der Waals surface area contributed by atoms with Crippen LogP contribution in [0.5, 0.6) is 0 Å². The summed E-state index contributed by atoms with van der Waals surface area (Å²) in [6.45, 7) is 0. The first-order chi connectivity index (χ1) is 4.68. The molecule has 1 aliphatic rings. The fraction of sp³-hybridized carbons (Fsp3) is 0.667. The van der Waals surface area contributed by atoms with Gasteiger partial charge in [-0.15, -0.1) is 0 Å². The van der Waals surface area contributed by atoms with Crippen molar-refractivity contribution in [2.75, 3.05) is 5.75 Å². The Labute approximate surface area is 62.8 Å². The maximum atomic E-state index is 10.6. The molecule has 1 aliphatic heterocycles. The lowest BCUT2D eigenvalue weighted by Crippen LogP contribution is -2.06. The number of carbonyl (C=O) groups excluding carboxylic acids is 1. The molecule has 1 unspecified atom stereocenters. The normalized spacial score (nSPS) is 25.2. The van der Waals surface area contributed by atoms with Crippen LogP contribution in [0.3, 0.4) is 0 Å². The molecule has 1 heterocycles. The van der Waals surface area contributed by atoms with Crippen molar-refractivity contribution in [2.45, 2.75) is 12.8 Å². The summed E-state index contributed by atoms with van der Waals surface area (Å²) in [5.74, 6) is -0.0409. The van der Waals surface area contributed by atoms with E-state index < -0.39 is 5.97 Å². The van der Waals surface area contributed by atoms with Crippen LogP contribution in [-0.4, -0.2) is 21.9 Å². The number of thioether (sulfide) groups is 1. The monoisotopic (exact) mass is 160 g/mol. The van der Waals surface area contributed by atoms with Gasteiger partial charge >= 0.3 is 5.97 Å². The highest BCUT2D eigenvalue weighted by Crippen LogP contribution is 2.27. The van der Waals surface area contributed by atoms with Crippen LogP contribution in [0, 0.1) is 5.92 Å². The molecular formula is C6H8O3S. The number of carbonyl (C=O) groups is 2. The maximum absolute atomic E-state index is 10.6. The SMILES string of the molecule is O=C(O)CC1CSC(=O)C1. The van der Waals surface area contributed by atoms with Crippen LogP contribution in [-0.2, 0) is 9.59 Å². The largest absolute Gasteiger partial charge is 0.481 e. The molecule has 0 saturated carbocycles. The first kappa shape index (κ1) is 7.60. The van der Waals surface area contributed by atoms with Crippen LogP contribution in [0.25, 0.3) is 0 Å². The van der Waals surface area contributed by atoms with Crippen molar-refractivity contribution in [2.24, 2.45) is 5.92 Å². The molecule has 0 bridgehead atoms. The second-order valence-electron chi connectivity index (χ2n) is 2.35. The summed E-state index contributed by atoms with van der Waals surface area (Å²) in [4.78, 5) is 20.7. The number of aliphatic carboxylic acids is 1. The molecule has 3 nitrogen and oxygen atoms in total. The Morgan fingerprint density at radius 2 is 2.50 bits per heavy atom. The van der Waals surface area contributed by atoms with Crippen molar-refractivity contribution < 1.29 is 14.7 Å². The summed E-state index contributed by atoms with van der Waals surface area (Å²) in [6.07, 6.45) is 0.579. The summed E-state index contributed by atoms with van der Waals surface area (Å²) in [7, 11) is 0. The zero-order valence-corrected chi connectivity index (χ0v) is 6.19. The molecule has 0 amide bonds. The van der Waals surface area contributed by atoms with Gasteiger partial charge in [0.15, 0.2) is 5.12 Å². The van der Waals surface area contributed by atoms with Gasteiger partial charge in [0.25, 0.3) is 0 Å². The Morgan fingerprint density at radius 1 is 1.80 bits per heavy atom. The molecule has 0 aromatic carbocycles. The standard InChI is InChI=1S/C6H8O3S/c7-5(8)1-4-2-6(9)10-3-4/h4H,1-3H2,(H,7,8). The molecule has 0 aromatic heterocycles. The lowest BCUT2D eigenvalue weighted by Gasteiger charge is -1.99. The number of carboxylic acid groups (broad SMARTS) is 1. The van der Waals surface area contributed by atoms with E-state index >= 15 is 0 Å². The van der Waals surface area contributed by atoms with Crippen LogP contribution in [0.2, 0.25) is 0 Å². The molecule has 0 radical (unpaired) electrons. The number of hydrogen-bond acceptors (Lipinski definition) is 3. The van der Waals surface area contributed by atoms with Crippen molar-refractivity contribution in [3.8, 4) is 0 Å². The molecule has 0 spiro atoms. The van der Waals surface area contributed by atoms with Gasteiger partial charge in [-0.3, -0.25) is 9.59 Å². The first-order valence-electron chi connectivity index (χ1n) is 3.06. The molecule has 1 saturated heterocycles. The minimum atomic E-state index is -0.805. The second kappa shape index (κ2) is 3.05. The third kappa shape index (κ3) is 2.02. The van der Waals surface area contributed by atoms with Crippen LogP contribution < -0.4 is 0 Å². The van der Waals surface area contributed by atoms with Gasteiger partial charge in [0.05, 0.1) is 0 Å². The van der Waals surface area contributed by atoms with Crippen molar-refractivity contribution in [1.82, 2.24) is 0 Å². The van der Waals surface area contributed by atoms with E-state index in [9.17, 15) is 9.59 Å². The lowest BCUT2D eigenvalue weighted by atomic mass is 10.1. The van der Waals surface area contributed by atoms with Gasteiger partial charge in [-0.05, 0) is 5.92 Å². The molecule has 1 atom stereocenters. The second-order valence-corrected chi connectivity index (χ2v) is 3.43. The highest BCUT2D eigenvalue weighted by Gasteiger charge is 2.24. The summed E-state index contributed by atoms with van der Waals surface area (Å²) in [6, 6.07) is 0. The summed E-state index contributed by atoms with van der Waals surface area (Å²) >= 11 is 1.25. The van der Waals surface area contributed by atoms with Gasteiger partial charge in [0, 0.05) is 18.6 Å². The Balaban J connectivity index is 2.31. The zero-order valence-electron chi connectivity index (χ0n) is 5.37. The van der Waals surface area contributed by atoms with Gasteiger partial charge in [-0.1, -0.05) is 11.8 Å². The quantitative estimate of drug-likeness (QED) is 0.647. The minimum Gasteiger partial charge on any atom is -0.481 e. The number of rotatable bonds is 2. The maximum Gasteiger partial charge on any atom is 0.303 e. The zero-order chi connectivity index (χ0) is 7.56. The smallest absolute Gasteiger partial charge is 0.303 e. The highest BCUT2D eigenvalue weighted by molar-refractivity contribution is 8.14. The molecule has 56 valence electrons. The van der Waals surface area contributed by atoms with Gasteiger partial charge in [-0.25, -0.2) is 0 Å². The van der Waals surface area contributed by atoms with E-state index in [0.29, 0.717) is 12.2 Å². The molecule has 10 heavy (non-hydrogen) atoms. The first-order valence-corrected chi connectivity index (χ1v) is 4.04. The molecule has 1 N–H and O–H groups in total. The molecule has 0 aliphatic carbocycles. The summed E-state index contributed by atoms with van der Waals surface area (Å²) in [5, 5.41) is 8.47. The van der Waals surface area contributed by atoms with Crippen LogP contribution in [0.4, 0.5) is 0 Å². The van der Waals surface area contributed by atoms with E-state index in [1.165, 1.54) is 11.8 Å². The lowest BCUT2D eigenvalue weighted by molar-refractivity contribution is -0.137. The third-order valence-corrected chi connectivity index (χ3v) is 2.53. The molecule has 1 rings (SSSR count). The van der Waals surface area contributed by atoms with E-state index in [1.807, 2.05) is 0 Å². The van der Waals surface area contributed by atoms with Gasteiger partial charge < -0.3 is 5.11 Å². The third-order valence-electron chi connectivity index (χ3n) is 1.40. The Morgan fingerprint density at radius 3 is 2.90 bits per heavy atom.